The normalized spacial score (nSPS) is 11.2. The van der Waals surface area contributed by atoms with Crippen LogP contribution >= 0.6 is 0 Å². The molecule has 28 heavy (non-hydrogen) atoms. The standard InChI is InChI=1S/C22H21N3O3/c1-14-6-7-18(13-15(14)2)21(26)25-24-16(3)17-8-10-19(11-9-17)23-22(27)20-5-4-12-28-20/h4-13H,1-3H3,(H,23,27)(H,25,26). The molecule has 0 fully saturated rings. The first-order valence-corrected chi connectivity index (χ1v) is 8.81. The molecule has 6 heteroatoms. The van der Waals surface area contributed by atoms with Crippen molar-refractivity contribution < 1.29 is 14.0 Å². The maximum atomic E-state index is 12.3. The Labute approximate surface area is 163 Å². The minimum absolute atomic E-state index is 0.246. The predicted molar refractivity (Wildman–Crippen MR) is 109 cm³/mol. The molecule has 0 atom stereocenters. The fourth-order valence-corrected chi connectivity index (χ4v) is 2.54. The number of hydrogen-bond donors (Lipinski definition) is 2. The maximum Gasteiger partial charge on any atom is 0.291 e. The van der Waals surface area contributed by atoms with Gasteiger partial charge in [-0.15, -0.1) is 0 Å². The van der Waals surface area contributed by atoms with Gasteiger partial charge in [0.15, 0.2) is 5.76 Å². The third-order valence-electron chi connectivity index (χ3n) is 4.40. The maximum absolute atomic E-state index is 12.3. The lowest BCUT2D eigenvalue weighted by Gasteiger charge is -2.07. The van der Waals surface area contributed by atoms with Crippen LogP contribution in [0.25, 0.3) is 0 Å². The highest BCUT2D eigenvalue weighted by Gasteiger charge is 2.09. The number of carbonyl (C=O) groups excluding carboxylic acids is 2. The van der Waals surface area contributed by atoms with Gasteiger partial charge in [0, 0.05) is 11.3 Å². The molecule has 0 aliphatic heterocycles. The molecule has 2 N–H and O–H groups in total. The molecule has 2 amide bonds. The van der Waals surface area contributed by atoms with Crippen molar-refractivity contribution in [2.45, 2.75) is 20.8 Å². The Morgan fingerprint density at radius 1 is 0.893 bits per heavy atom. The van der Waals surface area contributed by atoms with Gasteiger partial charge in [-0.3, -0.25) is 9.59 Å². The van der Waals surface area contributed by atoms with Crippen molar-refractivity contribution in [3.63, 3.8) is 0 Å². The first kappa shape index (κ1) is 19.1. The number of hydrazone groups is 1. The number of furan rings is 1. The van der Waals surface area contributed by atoms with Crippen molar-refractivity contribution in [3.05, 3.63) is 88.9 Å². The van der Waals surface area contributed by atoms with Crippen LogP contribution in [0.3, 0.4) is 0 Å². The summed E-state index contributed by atoms with van der Waals surface area (Å²) in [5.41, 5.74) is 7.45. The lowest BCUT2D eigenvalue weighted by molar-refractivity contribution is 0.0953. The molecule has 0 spiro atoms. The number of carbonyl (C=O) groups is 2. The molecular formula is C22H21N3O3. The van der Waals surface area contributed by atoms with Crippen molar-refractivity contribution in [2.75, 3.05) is 5.32 Å². The molecule has 0 aliphatic rings. The number of nitrogens with zero attached hydrogens (tertiary/aromatic N) is 1. The Morgan fingerprint density at radius 2 is 1.61 bits per heavy atom. The van der Waals surface area contributed by atoms with E-state index >= 15 is 0 Å². The van der Waals surface area contributed by atoms with Crippen molar-refractivity contribution in [3.8, 4) is 0 Å². The monoisotopic (exact) mass is 375 g/mol. The molecule has 6 nitrogen and oxygen atoms in total. The molecule has 1 heterocycles. The van der Waals surface area contributed by atoms with E-state index in [2.05, 4.69) is 15.8 Å². The molecule has 0 radical (unpaired) electrons. The van der Waals surface area contributed by atoms with E-state index in [1.165, 1.54) is 6.26 Å². The molecule has 0 aliphatic carbocycles. The van der Waals surface area contributed by atoms with E-state index in [1.807, 2.05) is 38.1 Å². The van der Waals surface area contributed by atoms with Gasteiger partial charge in [0.25, 0.3) is 11.8 Å². The van der Waals surface area contributed by atoms with Gasteiger partial charge < -0.3 is 9.73 Å². The van der Waals surface area contributed by atoms with Crippen LogP contribution in [0.1, 0.15) is 44.5 Å². The quantitative estimate of drug-likeness (QED) is 0.515. The summed E-state index contributed by atoms with van der Waals surface area (Å²) in [6.45, 7) is 5.77. The average molecular weight is 375 g/mol. The molecule has 2 aromatic carbocycles. The minimum atomic E-state index is -0.316. The average Bonchev–Trinajstić information content (AvgIpc) is 3.23. The summed E-state index contributed by atoms with van der Waals surface area (Å²) in [6.07, 6.45) is 1.45. The molecule has 3 aromatic rings. The zero-order valence-electron chi connectivity index (χ0n) is 15.9. The van der Waals surface area contributed by atoms with Gasteiger partial charge in [-0.1, -0.05) is 18.2 Å². The van der Waals surface area contributed by atoms with Gasteiger partial charge in [-0.05, 0) is 73.9 Å². The van der Waals surface area contributed by atoms with Crippen LogP contribution in [0.2, 0.25) is 0 Å². The fourth-order valence-electron chi connectivity index (χ4n) is 2.54. The SMILES string of the molecule is CC(=NNC(=O)c1ccc(C)c(C)c1)c1ccc(NC(=O)c2ccco2)cc1. The van der Waals surface area contributed by atoms with Crippen LogP contribution in [-0.4, -0.2) is 17.5 Å². The second-order valence-corrected chi connectivity index (χ2v) is 6.45. The number of nitrogens with one attached hydrogen (secondary N) is 2. The van der Waals surface area contributed by atoms with Gasteiger partial charge in [0.05, 0.1) is 12.0 Å². The Morgan fingerprint density at radius 3 is 2.25 bits per heavy atom. The number of benzene rings is 2. The summed E-state index contributed by atoms with van der Waals surface area (Å²) < 4.78 is 5.06. The van der Waals surface area contributed by atoms with E-state index in [1.54, 1.807) is 37.3 Å². The lowest BCUT2D eigenvalue weighted by atomic mass is 10.1. The zero-order chi connectivity index (χ0) is 20.1. The van der Waals surface area contributed by atoms with E-state index in [0.717, 1.165) is 16.7 Å². The number of aryl methyl sites for hydroxylation is 2. The number of hydrogen-bond acceptors (Lipinski definition) is 4. The highest BCUT2D eigenvalue weighted by molar-refractivity contribution is 6.03. The summed E-state index contributed by atoms with van der Waals surface area (Å²) >= 11 is 0. The molecule has 1 aromatic heterocycles. The highest BCUT2D eigenvalue weighted by atomic mass is 16.3. The smallest absolute Gasteiger partial charge is 0.291 e. The predicted octanol–water partition coefficient (Wildman–Crippen LogP) is 4.30. The molecular weight excluding hydrogens is 354 g/mol. The first-order valence-electron chi connectivity index (χ1n) is 8.81. The molecule has 0 unspecified atom stereocenters. The van der Waals surface area contributed by atoms with Crippen LogP contribution in [0, 0.1) is 13.8 Å². The topological polar surface area (TPSA) is 83.7 Å². The van der Waals surface area contributed by atoms with Gasteiger partial charge >= 0.3 is 0 Å². The Bertz CT molecular complexity index is 1020. The highest BCUT2D eigenvalue weighted by Crippen LogP contribution is 2.13. The van der Waals surface area contributed by atoms with E-state index in [9.17, 15) is 9.59 Å². The van der Waals surface area contributed by atoms with Gasteiger partial charge in [-0.2, -0.15) is 5.10 Å². The number of amides is 2. The summed E-state index contributed by atoms with van der Waals surface area (Å²) in [4.78, 5) is 24.2. The van der Waals surface area contributed by atoms with Crippen LogP contribution in [0.5, 0.6) is 0 Å². The van der Waals surface area contributed by atoms with Crippen molar-refractivity contribution >= 4 is 23.2 Å². The van der Waals surface area contributed by atoms with Crippen LogP contribution in [-0.2, 0) is 0 Å². The number of anilines is 1. The van der Waals surface area contributed by atoms with Crippen LogP contribution < -0.4 is 10.7 Å². The molecule has 0 saturated heterocycles. The second-order valence-electron chi connectivity index (χ2n) is 6.45. The minimum Gasteiger partial charge on any atom is -0.459 e. The van der Waals surface area contributed by atoms with Crippen LogP contribution in [0.4, 0.5) is 5.69 Å². The van der Waals surface area contributed by atoms with E-state index in [4.69, 9.17) is 4.42 Å². The van der Waals surface area contributed by atoms with E-state index in [0.29, 0.717) is 17.0 Å². The van der Waals surface area contributed by atoms with Gasteiger partial charge in [-0.25, -0.2) is 5.43 Å². The van der Waals surface area contributed by atoms with Gasteiger partial charge in [0.2, 0.25) is 0 Å². The van der Waals surface area contributed by atoms with Crippen molar-refractivity contribution in [2.24, 2.45) is 5.10 Å². The molecule has 0 bridgehead atoms. The summed E-state index contributed by atoms with van der Waals surface area (Å²) in [6, 6.07) is 15.9. The van der Waals surface area contributed by atoms with E-state index < -0.39 is 0 Å². The molecule has 0 saturated carbocycles. The number of rotatable bonds is 5. The lowest BCUT2D eigenvalue weighted by Crippen LogP contribution is -2.19. The molecule has 142 valence electrons. The van der Waals surface area contributed by atoms with Gasteiger partial charge in [0.1, 0.15) is 0 Å². The summed E-state index contributed by atoms with van der Waals surface area (Å²) in [5, 5.41) is 6.92. The van der Waals surface area contributed by atoms with Crippen molar-refractivity contribution in [1.82, 2.24) is 5.43 Å². The second kappa shape index (κ2) is 8.35. The Hall–Kier alpha value is -3.67. The molecule has 3 rings (SSSR count). The third kappa shape index (κ3) is 4.54. The zero-order valence-corrected chi connectivity index (χ0v) is 15.9. The summed E-state index contributed by atoms with van der Waals surface area (Å²) in [5.74, 6) is -0.329. The summed E-state index contributed by atoms with van der Waals surface area (Å²) in [7, 11) is 0. The van der Waals surface area contributed by atoms with E-state index in [-0.39, 0.29) is 17.6 Å². The third-order valence-corrected chi connectivity index (χ3v) is 4.40. The Balaban J connectivity index is 1.63. The fraction of sp³-hybridized carbons (Fsp3) is 0.136. The first-order chi connectivity index (χ1) is 13.4. The Kier molecular flexibility index (Phi) is 5.69. The largest absolute Gasteiger partial charge is 0.459 e. The van der Waals surface area contributed by atoms with Crippen molar-refractivity contribution in [1.29, 1.82) is 0 Å². The van der Waals surface area contributed by atoms with Crippen LogP contribution in [0.15, 0.2) is 70.4 Å².